The van der Waals surface area contributed by atoms with Crippen LogP contribution < -0.4 is 0 Å². The van der Waals surface area contributed by atoms with Crippen molar-refractivity contribution in [3.8, 4) is 0 Å². The lowest BCUT2D eigenvalue weighted by Crippen LogP contribution is -2.52. The fourth-order valence-corrected chi connectivity index (χ4v) is 3.41. The number of nitrogens with zero attached hydrogens (tertiary/aromatic N) is 2. The van der Waals surface area contributed by atoms with Crippen molar-refractivity contribution in [1.82, 2.24) is 9.80 Å². The molecule has 0 aliphatic carbocycles. The van der Waals surface area contributed by atoms with Crippen LogP contribution in [-0.2, 0) is 9.59 Å². The van der Waals surface area contributed by atoms with E-state index < -0.39 is 24.4 Å². The smallest absolute Gasteiger partial charge is 0.339 e. The van der Waals surface area contributed by atoms with Crippen molar-refractivity contribution in [2.24, 2.45) is 0 Å². The zero-order valence-corrected chi connectivity index (χ0v) is 15.2. The molecule has 0 atom stereocenters. The lowest BCUT2D eigenvalue weighted by atomic mass is 9.90. The standard InChI is InChI=1S/C21H21F3N2O2/c22-21(23,24)15-18(27)25-11-13-26(14-12-25)20(28)19(16-7-3-1-4-8-16)17-9-5-2-6-10-17/h1-10,19H,11-15H2. The first kappa shape index (κ1) is 19.9. The Labute approximate surface area is 161 Å². The van der Waals surface area contributed by atoms with Crippen molar-refractivity contribution >= 4 is 11.8 Å². The molecule has 2 amide bonds. The first-order chi connectivity index (χ1) is 13.3. The Balaban J connectivity index is 1.72. The van der Waals surface area contributed by atoms with Crippen LogP contribution in [0.15, 0.2) is 60.7 Å². The number of rotatable bonds is 4. The zero-order valence-electron chi connectivity index (χ0n) is 15.2. The van der Waals surface area contributed by atoms with E-state index in [9.17, 15) is 22.8 Å². The third kappa shape index (κ3) is 4.91. The Kier molecular flexibility index (Phi) is 6.02. The summed E-state index contributed by atoms with van der Waals surface area (Å²) in [5.41, 5.74) is 1.71. The number of amides is 2. The van der Waals surface area contributed by atoms with Gasteiger partial charge in [0.25, 0.3) is 0 Å². The number of carbonyl (C=O) groups excluding carboxylic acids is 2. The summed E-state index contributed by atoms with van der Waals surface area (Å²) in [4.78, 5) is 27.8. The van der Waals surface area contributed by atoms with Crippen LogP contribution in [0, 0.1) is 0 Å². The van der Waals surface area contributed by atoms with Crippen molar-refractivity contribution in [2.75, 3.05) is 26.2 Å². The molecule has 1 fully saturated rings. The third-order valence-electron chi connectivity index (χ3n) is 4.81. The minimum atomic E-state index is -4.52. The molecule has 0 radical (unpaired) electrons. The average molecular weight is 390 g/mol. The maximum absolute atomic E-state index is 13.2. The molecule has 1 saturated heterocycles. The SMILES string of the molecule is O=C(CC(F)(F)F)N1CCN(C(=O)C(c2ccccc2)c2ccccc2)CC1. The van der Waals surface area contributed by atoms with Gasteiger partial charge in [-0.2, -0.15) is 13.2 Å². The number of benzene rings is 2. The highest BCUT2D eigenvalue weighted by Crippen LogP contribution is 2.28. The molecule has 7 heteroatoms. The van der Waals surface area contributed by atoms with E-state index in [4.69, 9.17) is 0 Å². The molecular weight excluding hydrogens is 369 g/mol. The van der Waals surface area contributed by atoms with Crippen molar-refractivity contribution in [3.63, 3.8) is 0 Å². The molecule has 2 aromatic rings. The molecule has 148 valence electrons. The quantitative estimate of drug-likeness (QED) is 0.803. The van der Waals surface area contributed by atoms with Crippen LogP contribution in [0.4, 0.5) is 13.2 Å². The molecule has 0 saturated carbocycles. The molecule has 3 rings (SSSR count). The van der Waals surface area contributed by atoms with Gasteiger partial charge in [-0.25, -0.2) is 0 Å². The summed E-state index contributed by atoms with van der Waals surface area (Å²) in [6, 6.07) is 18.8. The number of piperazine rings is 1. The van der Waals surface area contributed by atoms with E-state index in [1.54, 1.807) is 4.90 Å². The first-order valence-electron chi connectivity index (χ1n) is 9.08. The highest BCUT2D eigenvalue weighted by molar-refractivity contribution is 5.87. The van der Waals surface area contributed by atoms with Gasteiger partial charge >= 0.3 is 6.18 Å². The van der Waals surface area contributed by atoms with Gasteiger partial charge < -0.3 is 9.80 Å². The number of carbonyl (C=O) groups is 2. The summed E-state index contributed by atoms with van der Waals surface area (Å²) in [5, 5.41) is 0. The molecule has 0 aromatic heterocycles. The number of alkyl halides is 3. The summed E-state index contributed by atoms with van der Waals surface area (Å²) < 4.78 is 37.3. The first-order valence-corrected chi connectivity index (χ1v) is 9.08. The number of hydrogen-bond acceptors (Lipinski definition) is 2. The van der Waals surface area contributed by atoms with Gasteiger partial charge in [0.2, 0.25) is 11.8 Å². The van der Waals surface area contributed by atoms with E-state index in [1.165, 1.54) is 4.90 Å². The van der Waals surface area contributed by atoms with Gasteiger partial charge in [-0.15, -0.1) is 0 Å². The molecule has 4 nitrogen and oxygen atoms in total. The fraction of sp³-hybridized carbons (Fsp3) is 0.333. The summed E-state index contributed by atoms with van der Waals surface area (Å²) in [5.74, 6) is -1.54. The van der Waals surface area contributed by atoms with E-state index in [1.807, 2.05) is 60.7 Å². The summed E-state index contributed by atoms with van der Waals surface area (Å²) in [6.45, 7) is 0.658. The molecule has 0 N–H and O–H groups in total. The van der Waals surface area contributed by atoms with Crippen LogP contribution in [0.1, 0.15) is 23.5 Å². The van der Waals surface area contributed by atoms with Crippen LogP contribution >= 0.6 is 0 Å². The van der Waals surface area contributed by atoms with Gasteiger partial charge in [0, 0.05) is 26.2 Å². The van der Waals surface area contributed by atoms with E-state index in [2.05, 4.69) is 0 Å². The topological polar surface area (TPSA) is 40.6 Å². The molecule has 1 aliphatic heterocycles. The fourth-order valence-electron chi connectivity index (χ4n) is 3.41. The Morgan fingerprint density at radius 3 is 1.64 bits per heavy atom. The van der Waals surface area contributed by atoms with Gasteiger partial charge in [0.15, 0.2) is 0 Å². The molecule has 1 heterocycles. The van der Waals surface area contributed by atoms with E-state index >= 15 is 0 Å². The number of hydrogen-bond donors (Lipinski definition) is 0. The van der Waals surface area contributed by atoms with Gasteiger partial charge in [-0.1, -0.05) is 60.7 Å². The van der Waals surface area contributed by atoms with Crippen molar-refractivity contribution in [1.29, 1.82) is 0 Å². The Morgan fingerprint density at radius 2 is 1.21 bits per heavy atom. The molecule has 1 aliphatic rings. The van der Waals surface area contributed by atoms with Crippen molar-refractivity contribution in [2.45, 2.75) is 18.5 Å². The van der Waals surface area contributed by atoms with Gasteiger partial charge in [-0.05, 0) is 11.1 Å². The molecule has 0 unspecified atom stereocenters. The second-order valence-corrected chi connectivity index (χ2v) is 6.75. The minimum absolute atomic E-state index is 0.108. The second kappa shape index (κ2) is 8.46. The second-order valence-electron chi connectivity index (χ2n) is 6.75. The molecule has 28 heavy (non-hydrogen) atoms. The highest BCUT2D eigenvalue weighted by atomic mass is 19.4. The molecule has 0 spiro atoms. The predicted molar refractivity (Wildman–Crippen MR) is 98.6 cm³/mol. The summed E-state index contributed by atoms with van der Waals surface area (Å²) >= 11 is 0. The molecular formula is C21H21F3N2O2. The van der Waals surface area contributed by atoms with E-state index in [0.717, 1.165) is 11.1 Å². The zero-order chi connectivity index (χ0) is 20.1. The maximum Gasteiger partial charge on any atom is 0.397 e. The Hall–Kier alpha value is -2.83. The highest BCUT2D eigenvalue weighted by Gasteiger charge is 2.36. The van der Waals surface area contributed by atoms with Crippen molar-refractivity contribution in [3.05, 3.63) is 71.8 Å². The van der Waals surface area contributed by atoms with Crippen LogP contribution in [0.2, 0.25) is 0 Å². The van der Waals surface area contributed by atoms with Crippen LogP contribution in [0.3, 0.4) is 0 Å². The van der Waals surface area contributed by atoms with E-state index in [-0.39, 0.29) is 32.1 Å². The maximum atomic E-state index is 13.2. The number of halogens is 3. The molecule has 2 aromatic carbocycles. The van der Waals surface area contributed by atoms with E-state index in [0.29, 0.717) is 0 Å². The Bertz CT molecular complexity index is 762. The largest absolute Gasteiger partial charge is 0.397 e. The summed E-state index contributed by atoms with van der Waals surface area (Å²) in [7, 11) is 0. The molecule has 0 bridgehead atoms. The average Bonchev–Trinajstić information content (AvgIpc) is 2.68. The van der Waals surface area contributed by atoms with Crippen LogP contribution in [0.5, 0.6) is 0 Å². The Morgan fingerprint density at radius 1 is 0.786 bits per heavy atom. The lowest BCUT2D eigenvalue weighted by Gasteiger charge is -2.36. The normalized spacial score (nSPS) is 15.0. The predicted octanol–water partition coefficient (Wildman–Crippen LogP) is 3.44. The monoisotopic (exact) mass is 390 g/mol. The minimum Gasteiger partial charge on any atom is -0.339 e. The summed E-state index contributed by atoms with van der Waals surface area (Å²) in [6.07, 6.45) is -5.98. The van der Waals surface area contributed by atoms with Crippen molar-refractivity contribution < 1.29 is 22.8 Å². The van der Waals surface area contributed by atoms with Crippen LogP contribution in [-0.4, -0.2) is 54.0 Å². The van der Waals surface area contributed by atoms with Crippen LogP contribution in [0.25, 0.3) is 0 Å². The van der Waals surface area contributed by atoms with Gasteiger partial charge in [0.1, 0.15) is 6.42 Å². The van der Waals surface area contributed by atoms with Gasteiger partial charge in [-0.3, -0.25) is 9.59 Å². The third-order valence-corrected chi connectivity index (χ3v) is 4.81. The van der Waals surface area contributed by atoms with Gasteiger partial charge in [0.05, 0.1) is 5.92 Å². The lowest BCUT2D eigenvalue weighted by molar-refractivity contribution is -0.163.